The largest absolute Gasteiger partial charge is 0.423 e. The number of carbonyl (C=O) groups excluding carboxylic acids is 1. The van der Waals surface area contributed by atoms with E-state index in [0.29, 0.717) is 11.4 Å². The zero-order chi connectivity index (χ0) is 8.55. The summed E-state index contributed by atoms with van der Waals surface area (Å²) in [6, 6.07) is 5.17. The predicted octanol–water partition coefficient (Wildman–Crippen LogP) is 0.600. The van der Waals surface area contributed by atoms with Crippen LogP contribution in [0.15, 0.2) is 18.2 Å². The molecule has 1 aromatic rings. The highest BCUT2D eigenvalue weighted by atomic mass is 16.5. The van der Waals surface area contributed by atoms with Crippen LogP contribution in [-0.4, -0.2) is 12.5 Å². The molecule has 1 aliphatic rings. The van der Waals surface area contributed by atoms with Crippen molar-refractivity contribution in [3.63, 3.8) is 0 Å². The fourth-order valence-corrected chi connectivity index (χ4v) is 1.10. The lowest BCUT2D eigenvalue weighted by molar-refractivity contribution is -0.132. The molecule has 0 spiro atoms. The molecule has 0 radical (unpaired) electrons. The quantitative estimate of drug-likeness (QED) is 0.335. The molecular weight excluding hydrogens is 156 g/mol. The van der Waals surface area contributed by atoms with E-state index in [1.807, 2.05) is 0 Å². The molecule has 0 fully saturated rings. The van der Waals surface area contributed by atoms with Crippen LogP contribution in [0.2, 0.25) is 0 Å². The van der Waals surface area contributed by atoms with Crippen LogP contribution in [0.1, 0.15) is 0 Å². The standard InChI is InChI=1S/C8H8N2O2/c9-5-1-2-6-7(3-5)12-8(11)4-10-6/h1-3,10H,4,9H2. The maximum absolute atomic E-state index is 10.8. The molecule has 4 heteroatoms. The predicted molar refractivity (Wildman–Crippen MR) is 45.0 cm³/mol. The van der Waals surface area contributed by atoms with Crippen LogP contribution in [-0.2, 0) is 4.79 Å². The van der Waals surface area contributed by atoms with E-state index in [1.165, 1.54) is 0 Å². The molecule has 0 atom stereocenters. The molecule has 0 aromatic heterocycles. The number of nitrogen functional groups attached to an aromatic ring is 1. The molecule has 0 aliphatic carbocycles. The maximum atomic E-state index is 10.8. The Kier molecular flexibility index (Phi) is 1.40. The van der Waals surface area contributed by atoms with Gasteiger partial charge < -0.3 is 15.8 Å². The number of nitrogens with two attached hydrogens (primary N) is 1. The molecule has 12 heavy (non-hydrogen) atoms. The minimum Gasteiger partial charge on any atom is -0.423 e. The summed E-state index contributed by atoms with van der Waals surface area (Å²) in [6.07, 6.45) is 0. The molecule has 0 saturated heterocycles. The average Bonchev–Trinajstić information content (AvgIpc) is 2.03. The van der Waals surface area contributed by atoms with Gasteiger partial charge in [0.1, 0.15) is 6.54 Å². The summed E-state index contributed by atoms with van der Waals surface area (Å²) < 4.78 is 4.93. The van der Waals surface area contributed by atoms with E-state index in [-0.39, 0.29) is 12.5 Å². The average molecular weight is 164 g/mol. The molecule has 2 rings (SSSR count). The van der Waals surface area contributed by atoms with Gasteiger partial charge in [0, 0.05) is 11.8 Å². The van der Waals surface area contributed by atoms with E-state index in [4.69, 9.17) is 10.5 Å². The van der Waals surface area contributed by atoms with E-state index in [9.17, 15) is 4.79 Å². The lowest BCUT2D eigenvalue weighted by Gasteiger charge is -2.17. The Labute approximate surface area is 69.3 Å². The topological polar surface area (TPSA) is 64.3 Å². The van der Waals surface area contributed by atoms with Gasteiger partial charge in [0.25, 0.3) is 0 Å². The Morgan fingerprint density at radius 3 is 3.17 bits per heavy atom. The monoisotopic (exact) mass is 164 g/mol. The van der Waals surface area contributed by atoms with E-state index >= 15 is 0 Å². The van der Waals surface area contributed by atoms with E-state index in [2.05, 4.69) is 5.32 Å². The lowest BCUT2D eigenvalue weighted by Crippen LogP contribution is -2.24. The van der Waals surface area contributed by atoms with Crippen LogP contribution in [0, 0.1) is 0 Å². The number of carbonyl (C=O) groups is 1. The molecule has 0 amide bonds. The van der Waals surface area contributed by atoms with Gasteiger partial charge >= 0.3 is 5.97 Å². The Bertz CT molecular complexity index is 336. The molecule has 1 heterocycles. The lowest BCUT2D eigenvalue weighted by atomic mass is 10.2. The number of esters is 1. The van der Waals surface area contributed by atoms with Crippen molar-refractivity contribution in [1.82, 2.24) is 0 Å². The summed E-state index contributed by atoms with van der Waals surface area (Å²) in [5.41, 5.74) is 6.91. The van der Waals surface area contributed by atoms with Crippen LogP contribution >= 0.6 is 0 Å². The molecular formula is C8H8N2O2. The van der Waals surface area contributed by atoms with Crippen LogP contribution in [0.5, 0.6) is 5.75 Å². The third kappa shape index (κ3) is 1.07. The SMILES string of the molecule is Nc1ccc2c(c1)OC(=O)CN2. The van der Waals surface area contributed by atoms with Crippen molar-refractivity contribution in [3.05, 3.63) is 18.2 Å². The van der Waals surface area contributed by atoms with Crippen molar-refractivity contribution in [1.29, 1.82) is 0 Å². The van der Waals surface area contributed by atoms with Gasteiger partial charge in [0.15, 0.2) is 5.75 Å². The zero-order valence-electron chi connectivity index (χ0n) is 6.33. The highest BCUT2D eigenvalue weighted by Crippen LogP contribution is 2.29. The molecule has 3 N–H and O–H groups in total. The first-order valence-corrected chi connectivity index (χ1v) is 3.60. The number of nitrogens with one attached hydrogen (secondary N) is 1. The number of hydrogen-bond acceptors (Lipinski definition) is 4. The van der Waals surface area contributed by atoms with Crippen LogP contribution in [0.25, 0.3) is 0 Å². The van der Waals surface area contributed by atoms with Gasteiger partial charge in [-0.3, -0.25) is 0 Å². The third-order valence-corrected chi connectivity index (χ3v) is 1.65. The van der Waals surface area contributed by atoms with Crippen molar-refractivity contribution < 1.29 is 9.53 Å². The first-order chi connectivity index (χ1) is 5.75. The van der Waals surface area contributed by atoms with Gasteiger partial charge in [-0.1, -0.05) is 0 Å². The minimum absolute atomic E-state index is 0.219. The van der Waals surface area contributed by atoms with Gasteiger partial charge in [0.05, 0.1) is 5.69 Å². The number of rotatable bonds is 0. The normalized spacial score (nSPS) is 14.5. The summed E-state index contributed by atoms with van der Waals surface area (Å²) in [5.74, 6) is 0.222. The second kappa shape index (κ2) is 2.41. The zero-order valence-corrected chi connectivity index (χ0v) is 6.33. The van der Waals surface area contributed by atoms with Crippen molar-refractivity contribution in [3.8, 4) is 5.75 Å². The first kappa shape index (κ1) is 6.97. The van der Waals surface area contributed by atoms with Gasteiger partial charge in [-0.05, 0) is 12.1 Å². The molecule has 1 aromatic carbocycles. The van der Waals surface area contributed by atoms with Crippen LogP contribution < -0.4 is 15.8 Å². The van der Waals surface area contributed by atoms with E-state index in [1.54, 1.807) is 18.2 Å². The Hall–Kier alpha value is -1.71. The molecule has 4 nitrogen and oxygen atoms in total. The summed E-state index contributed by atoms with van der Waals surface area (Å²) in [5, 5.41) is 2.91. The summed E-state index contributed by atoms with van der Waals surface area (Å²) >= 11 is 0. The number of ether oxygens (including phenoxy) is 1. The molecule has 1 aliphatic heterocycles. The van der Waals surface area contributed by atoms with Crippen molar-refractivity contribution in [2.45, 2.75) is 0 Å². The molecule has 0 unspecified atom stereocenters. The van der Waals surface area contributed by atoms with Crippen molar-refractivity contribution >= 4 is 17.3 Å². The molecule has 0 bridgehead atoms. The number of benzene rings is 1. The minimum atomic E-state index is -0.284. The third-order valence-electron chi connectivity index (χ3n) is 1.65. The number of anilines is 2. The summed E-state index contributed by atoms with van der Waals surface area (Å²) in [6.45, 7) is 0.219. The Morgan fingerprint density at radius 2 is 2.33 bits per heavy atom. The second-order valence-electron chi connectivity index (χ2n) is 2.58. The van der Waals surface area contributed by atoms with Gasteiger partial charge in [-0.25, -0.2) is 4.79 Å². The van der Waals surface area contributed by atoms with Gasteiger partial charge in [0.2, 0.25) is 0 Å². The fourth-order valence-electron chi connectivity index (χ4n) is 1.10. The van der Waals surface area contributed by atoms with Gasteiger partial charge in [-0.15, -0.1) is 0 Å². The maximum Gasteiger partial charge on any atom is 0.330 e. The van der Waals surface area contributed by atoms with Crippen LogP contribution in [0.4, 0.5) is 11.4 Å². The van der Waals surface area contributed by atoms with Crippen molar-refractivity contribution in [2.24, 2.45) is 0 Å². The van der Waals surface area contributed by atoms with E-state index < -0.39 is 0 Å². The summed E-state index contributed by atoms with van der Waals surface area (Å²) in [7, 11) is 0. The fraction of sp³-hybridized carbons (Fsp3) is 0.125. The second-order valence-corrected chi connectivity index (χ2v) is 2.58. The summed E-state index contributed by atoms with van der Waals surface area (Å²) in [4.78, 5) is 10.8. The Balaban J connectivity index is 2.44. The highest BCUT2D eigenvalue weighted by molar-refractivity contribution is 5.84. The molecule has 62 valence electrons. The smallest absolute Gasteiger partial charge is 0.330 e. The number of hydrogen-bond donors (Lipinski definition) is 2. The number of fused-ring (bicyclic) bond motifs is 1. The molecule has 0 saturated carbocycles. The highest BCUT2D eigenvalue weighted by Gasteiger charge is 2.15. The Morgan fingerprint density at radius 1 is 1.50 bits per heavy atom. The van der Waals surface area contributed by atoms with Gasteiger partial charge in [-0.2, -0.15) is 0 Å². The first-order valence-electron chi connectivity index (χ1n) is 3.60. The van der Waals surface area contributed by atoms with E-state index in [0.717, 1.165) is 5.69 Å². The van der Waals surface area contributed by atoms with Crippen molar-refractivity contribution in [2.75, 3.05) is 17.6 Å². The van der Waals surface area contributed by atoms with Crippen LogP contribution in [0.3, 0.4) is 0 Å².